The topological polar surface area (TPSA) is 70.6 Å². The Morgan fingerprint density at radius 2 is 2.06 bits per heavy atom. The second kappa shape index (κ2) is 5.80. The summed E-state index contributed by atoms with van der Waals surface area (Å²) in [5.74, 6) is 0.242. The zero-order valence-corrected chi connectivity index (χ0v) is 9.95. The summed E-state index contributed by atoms with van der Waals surface area (Å²) in [4.78, 5) is 22.5. The third-order valence-electron chi connectivity index (χ3n) is 3.42. The summed E-state index contributed by atoms with van der Waals surface area (Å²) in [6, 6.07) is -0.397. The third-order valence-corrected chi connectivity index (χ3v) is 3.42. The minimum absolute atomic E-state index is 0.0542. The number of rotatable bonds is 3. The van der Waals surface area contributed by atoms with E-state index in [4.69, 9.17) is 0 Å². The van der Waals surface area contributed by atoms with E-state index < -0.39 is 6.04 Å². The molecular weight excluding hydrogens is 218 g/mol. The van der Waals surface area contributed by atoms with Gasteiger partial charge < -0.3 is 5.32 Å². The van der Waals surface area contributed by atoms with Crippen molar-refractivity contribution in [3.8, 4) is 0 Å². The summed E-state index contributed by atoms with van der Waals surface area (Å²) in [6.07, 6.45) is 9.00. The van der Waals surface area contributed by atoms with Gasteiger partial charge in [-0.25, -0.2) is 5.43 Å². The minimum atomic E-state index is -0.397. The van der Waals surface area contributed by atoms with Crippen molar-refractivity contribution in [2.24, 2.45) is 11.0 Å². The molecule has 0 unspecified atom stereocenters. The average molecular weight is 237 g/mol. The van der Waals surface area contributed by atoms with Crippen LogP contribution >= 0.6 is 0 Å². The lowest BCUT2D eigenvalue weighted by Crippen LogP contribution is -2.39. The highest BCUT2D eigenvalue weighted by molar-refractivity contribution is 5.90. The zero-order chi connectivity index (χ0) is 12.1. The molecule has 1 aliphatic heterocycles. The van der Waals surface area contributed by atoms with Crippen LogP contribution in [0.2, 0.25) is 0 Å². The van der Waals surface area contributed by atoms with Gasteiger partial charge in [0.05, 0.1) is 0 Å². The Bertz CT molecular complexity index is 322. The van der Waals surface area contributed by atoms with E-state index in [0.717, 1.165) is 0 Å². The van der Waals surface area contributed by atoms with Crippen molar-refractivity contribution in [1.82, 2.24) is 10.7 Å². The van der Waals surface area contributed by atoms with Crippen molar-refractivity contribution < 1.29 is 9.59 Å². The van der Waals surface area contributed by atoms with Crippen LogP contribution in [0.1, 0.15) is 44.9 Å². The van der Waals surface area contributed by atoms with Crippen molar-refractivity contribution in [2.75, 3.05) is 0 Å². The summed E-state index contributed by atoms with van der Waals surface area (Å²) in [7, 11) is 0. The standard InChI is InChI=1S/C12H19N3O2/c16-11-7-6-10(14-11)12(17)15-13-8-9-4-2-1-3-5-9/h8-10H,1-7H2,(H,14,16)(H,15,17)/b13-8+/t10-/m0/s1. The quantitative estimate of drug-likeness (QED) is 0.566. The van der Waals surface area contributed by atoms with Crippen molar-refractivity contribution in [3.63, 3.8) is 0 Å². The molecule has 2 fully saturated rings. The van der Waals surface area contributed by atoms with Crippen LogP contribution in [0.5, 0.6) is 0 Å². The smallest absolute Gasteiger partial charge is 0.262 e. The van der Waals surface area contributed by atoms with E-state index >= 15 is 0 Å². The number of amides is 2. The van der Waals surface area contributed by atoms with Crippen LogP contribution < -0.4 is 10.7 Å². The summed E-state index contributed by atoms with van der Waals surface area (Å²) < 4.78 is 0. The molecule has 1 aliphatic carbocycles. The Labute approximate surface area is 101 Å². The number of hydrogen-bond acceptors (Lipinski definition) is 3. The van der Waals surface area contributed by atoms with Gasteiger partial charge in [-0.2, -0.15) is 5.10 Å². The molecule has 0 spiro atoms. The zero-order valence-electron chi connectivity index (χ0n) is 9.95. The van der Waals surface area contributed by atoms with Gasteiger partial charge in [0, 0.05) is 12.6 Å². The van der Waals surface area contributed by atoms with Crippen LogP contribution in [-0.4, -0.2) is 24.1 Å². The van der Waals surface area contributed by atoms with Crippen molar-refractivity contribution in [1.29, 1.82) is 0 Å². The minimum Gasteiger partial charge on any atom is -0.344 e. The molecule has 1 saturated heterocycles. The Morgan fingerprint density at radius 3 is 2.71 bits per heavy atom. The Balaban J connectivity index is 1.71. The van der Waals surface area contributed by atoms with E-state index in [1.54, 1.807) is 0 Å². The highest BCUT2D eigenvalue weighted by Crippen LogP contribution is 2.21. The monoisotopic (exact) mass is 237 g/mol. The first-order valence-electron chi connectivity index (χ1n) is 6.38. The predicted octanol–water partition coefficient (Wildman–Crippen LogP) is 0.947. The Kier molecular flexibility index (Phi) is 4.12. The maximum atomic E-state index is 11.6. The van der Waals surface area contributed by atoms with E-state index in [9.17, 15) is 9.59 Å². The molecule has 1 heterocycles. The molecule has 1 atom stereocenters. The van der Waals surface area contributed by atoms with Gasteiger partial charge in [-0.15, -0.1) is 0 Å². The fourth-order valence-corrected chi connectivity index (χ4v) is 2.38. The van der Waals surface area contributed by atoms with Gasteiger partial charge in [0.1, 0.15) is 6.04 Å². The Hall–Kier alpha value is -1.39. The summed E-state index contributed by atoms with van der Waals surface area (Å²) in [6.45, 7) is 0. The third kappa shape index (κ3) is 3.54. The van der Waals surface area contributed by atoms with Crippen LogP contribution in [0.4, 0.5) is 0 Å². The molecule has 5 heteroatoms. The van der Waals surface area contributed by atoms with Crippen LogP contribution in [0.3, 0.4) is 0 Å². The molecule has 0 bridgehead atoms. The molecule has 5 nitrogen and oxygen atoms in total. The van der Waals surface area contributed by atoms with Gasteiger partial charge in [-0.05, 0) is 25.2 Å². The largest absolute Gasteiger partial charge is 0.344 e. The lowest BCUT2D eigenvalue weighted by molar-refractivity contribution is -0.125. The molecule has 1 saturated carbocycles. The van der Waals surface area contributed by atoms with Gasteiger partial charge in [0.2, 0.25) is 5.91 Å². The van der Waals surface area contributed by atoms with E-state index in [-0.39, 0.29) is 11.8 Å². The van der Waals surface area contributed by atoms with E-state index in [1.807, 2.05) is 6.21 Å². The van der Waals surface area contributed by atoms with Crippen molar-refractivity contribution in [2.45, 2.75) is 51.0 Å². The van der Waals surface area contributed by atoms with Crippen molar-refractivity contribution >= 4 is 18.0 Å². The first-order valence-corrected chi connectivity index (χ1v) is 6.38. The number of nitrogens with one attached hydrogen (secondary N) is 2. The maximum absolute atomic E-state index is 11.6. The second-order valence-corrected chi connectivity index (χ2v) is 4.81. The van der Waals surface area contributed by atoms with Crippen molar-refractivity contribution in [3.05, 3.63) is 0 Å². The van der Waals surface area contributed by atoms with Gasteiger partial charge in [0.15, 0.2) is 0 Å². The average Bonchev–Trinajstić information content (AvgIpc) is 2.77. The predicted molar refractivity (Wildman–Crippen MR) is 64.4 cm³/mol. The fraction of sp³-hybridized carbons (Fsp3) is 0.750. The van der Waals surface area contributed by atoms with Gasteiger partial charge in [-0.1, -0.05) is 19.3 Å². The molecule has 2 N–H and O–H groups in total. The van der Waals surface area contributed by atoms with Crippen LogP contribution in [0.25, 0.3) is 0 Å². The summed E-state index contributed by atoms with van der Waals surface area (Å²) in [5, 5.41) is 6.61. The van der Waals surface area contributed by atoms with Crippen LogP contribution in [0, 0.1) is 5.92 Å². The number of carbonyl (C=O) groups excluding carboxylic acids is 2. The second-order valence-electron chi connectivity index (χ2n) is 4.81. The molecule has 0 aromatic rings. The molecule has 2 rings (SSSR count). The van der Waals surface area contributed by atoms with Gasteiger partial charge in [0.25, 0.3) is 5.91 Å². The molecule has 2 amide bonds. The van der Waals surface area contributed by atoms with Crippen LogP contribution in [0.15, 0.2) is 5.10 Å². The highest BCUT2D eigenvalue weighted by atomic mass is 16.2. The lowest BCUT2D eigenvalue weighted by atomic mass is 9.90. The lowest BCUT2D eigenvalue weighted by Gasteiger charge is -2.16. The molecule has 0 aromatic carbocycles. The molecule has 0 radical (unpaired) electrons. The fourth-order valence-electron chi connectivity index (χ4n) is 2.38. The Morgan fingerprint density at radius 1 is 1.29 bits per heavy atom. The number of hydrazone groups is 1. The number of hydrogen-bond donors (Lipinski definition) is 2. The first kappa shape index (κ1) is 12.1. The van der Waals surface area contributed by atoms with E-state index in [2.05, 4.69) is 15.8 Å². The summed E-state index contributed by atoms with van der Waals surface area (Å²) >= 11 is 0. The summed E-state index contributed by atoms with van der Waals surface area (Å²) in [5.41, 5.74) is 2.51. The maximum Gasteiger partial charge on any atom is 0.262 e. The highest BCUT2D eigenvalue weighted by Gasteiger charge is 2.26. The van der Waals surface area contributed by atoms with Crippen LogP contribution in [-0.2, 0) is 9.59 Å². The van der Waals surface area contributed by atoms with E-state index in [0.29, 0.717) is 18.8 Å². The van der Waals surface area contributed by atoms with E-state index in [1.165, 1.54) is 32.1 Å². The molecular formula is C12H19N3O2. The normalized spacial score (nSPS) is 26.1. The molecule has 2 aliphatic rings. The first-order chi connectivity index (χ1) is 8.25. The molecule has 0 aromatic heterocycles. The van der Waals surface area contributed by atoms with Gasteiger partial charge >= 0.3 is 0 Å². The molecule has 94 valence electrons. The van der Waals surface area contributed by atoms with Gasteiger partial charge in [-0.3, -0.25) is 9.59 Å². The number of carbonyl (C=O) groups is 2. The molecule has 17 heavy (non-hydrogen) atoms. The number of nitrogens with zero attached hydrogens (tertiary/aromatic N) is 1. The SMILES string of the molecule is O=C1CC[C@@H](C(=O)N/N=C/C2CCCCC2)N1.